The number of benzene rings is 3. The smallest absolute Gasteiger partial charge is 0.229 e. The predicted molar refractivity (Wildman–Crippen MR) is 137 cm³/mol. The number of carbonyl (C=O) groups excluding carboxylic acids is 2. The molecule has 1 atom stereocenters. The van der Waals surface area contributed by atoms with Crippen molar-refractivity contribution in [3.8, 4) is 11.5 Å². The van der Waals surface area contributed by atoms with Gasteiger partial charge in [0.1, 0.15) is 11.5 Å². The Morgan fingerprint density at radius 1 is 0.941 bits per heavy atom. The topological polar surface area (TPSA) is 58.6 Å². The maximum absolute atomic E-state index is 12.9. The van der Waals surface area contributed by atoms with Gasteiger partial charge in [0.05, 0.1) is 5.92 Å². The van der Waals surface area contributed by atoms with Crippen molar-refractivity contribution < 1.29 is 14.3 Å². The number of aryl methyl sites for hydroxylation is 3. The lowest BCUT2D eigenvalue weighted by molar-refractivity contribution is -0.122. The van der Waals surface area contributed by atoms with E-state index in [1.807, 2.05) is 63.2 Å². The first-order chi connectivity index (χ1) is 16.2. The Morgan fingerprint density at radius 3 is 2.26 bits per heavy atom. The summed E-state index contributed by atoms with van der Waals surface area (Å²) in [7, 11) is 0. The zero-order valence-electron chi connectivity index (χ0n) is 20.5. The molecule has 2 amide bonds. The van der Waals surface area contributed by atoms with Gasteiger partial charge in [-0.05, 0) is 91.4 Å². The van der Waals surface area contributed by atoms with Gasteiger partial charge >= 0.3 is 0 Å². The molecule has 1 fully saturated rings. The molecule has 5 nitrogen and oxygen atoms in total. The van der Waals surface area contributed by atoms with Crippen LogP contribution in [-0.4, -0.2) is 18.4 Å². The molecule has 0 radical (unpaired) electrons. The molecule has 3 aromatic carbocycles. The summed E-state index contributed by atoms with van der Waals surface area (Å²) in [6, 6.07) is 19.7. The molecule has 0 unspecified atom stereocenters. The maximum atomic E-state index is 12.9. The quantitative estimate of drug-likeness (QED) is 0.459. The lowest BCUT2D eigenvalue weighted by atomic mass is 10.0. The summed E-state index contributed by atoms with van der Waals surface area (Å²) < 4.78 is 6.14. The van der Waals surface area contributed by atoms with Gasteiger partial charge in [-0.25, -0.2) is 0 Å². The minimum Gasteiger partial charge on any atom is -0.457 e. The van der Waals surface area contributed by atoms with Gasteiger partial charge in [-0.1, -0.05) is 32.0 Å². The van der Waals surface area contributed by atoms with E-state index in [9.17, 15) is 9.59 Å². The Balaban J connectivity index is 1.41. The maximum Gasteiger partial charge on any atom is 0.229 e. The van der Waals surface area contributed by atoms with Gasteiger partial charge in [0.25, 0.3) is 0 Å². The van der Waals surface area contributed by atoms with Crippen LogP contribution in [0.3, 0.4) is 0 Å². The third kappa shape index (κ3) is 5.30. The van der Waals surface area contributed by atoms with E-state index in [0.29, 0.717) is 23.9 Å². The van der Waals surface area contributed by atoms with Crippen LogP contribution in [0.5, 0.6) is 11.5 Å². The van der Waals surface area contributed by atoms with E-state index in [1.54, 1.807) is 4.90 Å². The number of carbonyl (C=O) groups is 2. The van der Waals surface area contributed by atoms with Crippen LogP contribution < -0.4 is 15.0 Å². The second-order valence-electron chi connectivity index (χ2n) is 9.56. The van der Waals surface area contributed by atoms with E-state index < -0.39 is 0 Å². The van der Waals surface area contributed by atoms with Gasteiger partial charge < -0.3 is 15.0 Å². The summed E-state index contributed by atoms with van der Waals surface area (Å²) in [5.74, 6) is 1.37. The van der Waals surface area contributed by atoms with Crippen LogP contribution >= 0.6 is 0 Å². The van der Waals surface area contributed by atoms with Crippen LogP contribution in [0.2, 0.25) is 0 Å². The summed E-state index contributed by atoms with van der Waals surface area (Å²) in [5, 5.41) is 2.96. The van der Waals surface area contributed by atoms with Gasteiger partial charge in [-0.15, -0.1) is 0 Å². The van der Waals surface area contributed by atoms with E-state index in [0.717, 1.165) is 33.7 Å². The van der Waals surface area contributed by atoms with Crippen molar-refractivity contribution in [3.63, 3.8) is 0 Å². The van der Waals surface area contributed by atoms with E-state index >= 15 is 0 Å². The van der Waals surface area contributed by atoms with Gasteiger partial charge in [0.15, 0.2) is 0 Å². The fourth-order valence-electron chi connectivity index (χ4n) is 4.42. The number of hydrogen-bond donors (Lipinski definition) is 1. The number of anilines is 2. The second kappa shape index (κ2) is 9.72. The fourth-order valence-corrected chi connectivity index (χ4v) is 4.42. The highest BCUT2D eigenvalue weighted by molar-refractivity contribution is 6.03. The molecule has 1 N–H and O–H groups in total. The molecule has 1 aliphatic rings. The minimum atomic E-state index is -0.384. The van der Waals surface area contributed by atoms with Crippen molar-refractivity contribution in [1.29, 1.82) is 0 Å². The van der Waals surface area contributed by atoms with Crippen LogP contribution in [0, 0.1) is 26.7 Å². The zero-order chi connectivity index (χ0) is 24.4. The lowest BCUT2D eigenvalue weighted by Crippen LogP contribution is -2.28. The molecule has 0 spiro atoms. The fraction of sp³-hybridized carbons (Fsp3) is 0.310. The second-order valence-corrected chi connectivity index (χ2v) is 9.56. The number of nitrogens with zero attached hydrogens (tertiary/aromatic N) is 1. The number of amides is 2. The Kier molecular flexibility index (Phi) is 6.73. The van der Waals surface area contributed by atoms with Gasteiger partial charge in [0.2, 0.25) is 11.8 Å². The summed E-state index contributed by atoms with van der Waals surface area (Å²) in [6.07, 6.45) is 0.214. The highest BCUT2D eigenvalue weighted by Crippen LogP contribution is 2.32. The molecule has 1 heterocycles. The minimum absolute atomic E-state index is 0.0204. The highest BCUT2D eigenvalue weighted by atomic mass is 16.5. The van der Waals surface area contributed by atoms with Gasteiger partial charge in [0, 0.05) is 24.3 Å². The molecule has 3 aromatic rings. The molecule has 1 saturated heterocycles. The van der Waals surface area contributed by atoms with E-state index in [2.05, 4.69) is 37.4 Å². The first kappa shape index (κ1) is 23.6. The molecule has 1 aliphatic heterocycles. The Morgan fingerprint density at radius 2 is 1.62 bits per heavy atom. The third-order valence-corrected chi connectivity index (χ3v) is 6.15. The standard InChI is InChI=1S/C29H32N2O3/c1-18(2)26-11-6-19(3)15-27(26)34-25-9-7-23(8-10-25)30-29(33)22-16-28(32)31(17-22)24-13-20(4)12-21(5)14-24/h6-15,18,22H,16-17H2,1-5H3,(H,30,33)/t22-/m1/s1. The summed E-state index contributed by atoms with van der Waals surface area (Å²) >= 11 is 0. The summed E-state index contributed by atoms with van der Waals surface area (Å²) in [4.78, 5) is 27.2. The lowest BCUT2D eigenvalue weighted by Gasteiger charge is -2.18. The van der Waals surface area contributed by atoms with Crippen LogP contribution in [0.1, 0.15) is 48.4 Å². The van der Waals surface area contributed by atoms with E-state index in [1.165, 1.54) is 0 Å². The molecular formula is C29H32N2O3. The molecule has 176 valence electrons. The molecular weight excluding hydrogens is 424 g/mol. The average Bonchev–Trinajstić information content (AvgIpc) is 3.16. The van der Waals surface area contributed by atoms with E-state index in [4.69, 9.17) is 4.74 Å². The van der Waals surface area contributed by atoms with Crippen LogP contribution in [0.4, 0.5) is 11.4 Å². The summed E-state index contributed by atoms with van der Waals surface area (Å²) in [6.45, 7) is 10.7. The first-order valence-corrected chi connectivity index (χ1v) is 11.8. The Hall–Kier alpha value is -3.60. The molecule has 34 heavy (non-hydrogen) atoms. The normalized spacial score (nSPS) is 15.6. The average molecular weight is 457 g/mol. The Bertz CT molecular complexity index is 1190. The molecule has 5 heteroatoms. The van der Waals surface area contributed by atoms with Crippen molar-refractivity contribution in [2.45, 2.75) is 47.0 Å². The molecule has 0 bridgehead atoms. The van der Waals surface area contributed by atoms with E-state index in [-0.39, 0.29) is 24.2 Å². The first-order valence-electron chi connectivity index (χ1n) is 11.8. The monoisotopic (exact) mass is 456 g/mol. The van der Waals surface area contributed by atoms with Crippen LogP contribution in [-0.2, 0) is 9.59 Å². The number of hydrogen-bond acceptors (Lipinski definition) is 3. The number of nitrogens with one attached hydrogen (secondary N) is 1. The van der Waals surface area contributed by atoms with Crippen molar-refractivity contribution in [2.24, 2.45) is 5.92 Å². The third-order valence-electron chi connectivity index (χ3n) is 6.15. The molecule has 4 rings (SSSR count). The summed E-state index contributed by atoms with van der Waals surface area (Å²) in [5.41, 5.74) is 6.04. The molecule has 0 aromatic heterocycles. The number of rotatable bonds is 6. The SMILES string of the molecule is Cc1cc(C)cc(N2C[C@H](C(=O)Nc3ccc(Oc4cc(C)ccc4C(C)C)cc3)CC2=O)c1. The van der Waals surface area contributed by atoms with Crippen molar-refractivity contribution in [3.05, 3.63) is 82.9 Å². The zero-order valence-corrected chi connectivity index (χ0v) is 20.5. The predicted octanol–water partition coefficient (Wildman–Crippen LogP) is 6.52. The largest absolute Gasteiger partial charge is 0.457 e. The molecule has 0 aliphatic carbocycles. The highest BCUT2D eigenvalue weighted by Gasteiger charge is 2.35. The molecule has 0 saturated carbocycles. The Labute approximate surface area is 201 Å². The van der Waals surface area contributed by atoms with Crippen molar-refractivity contribution in [1.82, 2.24) is 0 Å². The van der Waals surface area contributed by atoms with Crippen LogP contribution in [0.15, 0.2) is 60.7 Å². The van der Waals surface area contributed by atoms with Crippen molar-refractivity contribution in [2.75, 3.05) is 16.8 Å². The van der Waals surface area contributed by atoms with Crippen molar-refractivity contribution >= 4 is 23.2 Å². The number of ether oxygens (including phenoxy) is 1. The van der Waals surface area contributed by atoms with Gasteiger partial charge in [-0.2, -0.15) is 0 Å². The van der Waals surface area contributed by atoms with Crippen LogP contribution in [0.25, 0.3) is 0 Å². The van der Waals surface area contributed by atoms with Gasteiger partial charge in [-0.3, -0.25) is 9.59 Å².